The highest BCUT2D eigenvalue weighted by Gasteiger charge is 2.48. The largest absolute Gasteiger partial charge is 0.507 e. The van der Waals surface area contributed by atoms with E-state index in [0.717, 1.165) is 11.1 Å². The van der Waals surface area contributed by atoms with E-state index in [-0.39, 0.29) is 11.3 Å². The molecule has 3 aromatic carbocycles. The van der Waals surface area contributed by atoms with Gasteiger partial charge in [0.05, 0.1) is 42.2 Å². The van der Waals surface area contributed by atoms with Crippen LogP contribution in [0, 0.1) is 5.92 Å². The highest BCUT2D eigenvalue weighted by Crippen LogP contribution is 2.46. The molecular formula is C32H31ClN2O6S. The van der Waals surface area contributed by atoms with Crippen LogP contribution in [0.4, 0.5) is 5.13 Å². The van der Waals surface area contributed by atoms with Crippen molar-refractivity contribution in [2.24, 2.45) is 5.92 Å². The number of fused-ring (bicyclic) bond motifs is 1. The number of benzene rings is 3. The van der Waals surface area contributed by atoms with Crippen LogP contribution >= 0.6 is 22.9 Å². The second-order valence-corrected chi connectivity index (χ2v) is 11.6. The van der Waals surface area contributed by atoms with E-state index in [1.54, 1.807) is 60.7 Å². The summed E-state index contributed by atoms with van der Waals surface area (Å²) in [5, 5.41) is 12.3. The van der Waals surface area contributed by atoms with Crippen molar-refractivity contribution >= 4 is 55.7 Å². The molecule has 1 amide bonds. The first-order valence-electron chi connectivity index (χ1n) is 13.6. The zero-order valence-electron chi connectivity index (χ0n) is 23.7. The number of aliphatic hydroxyl groups is 1. The summed E-state index contributed by atoms with van der Waals surface area (Å²) in [5.41, 5.74) is 1.51. The summed E-state index contributed by atoms with van der Waals surface area (Å²) in [6.45, 7) is 7.01. The van der Waals surface area contributed by atoms with E-state index in [2.05, 4.69) is 18.8 Å². The van der Waals surface area contributed by atoms with Crippen LogP contribution in [0.15, 0.2) is 66.2 Å². The van der Waals surface area contributed by atoms with Gasteiger partial charge in [-0.25, -0.2) is 4.98 Å². The normalized spacial score (nSPS) is 16.4. The Balaban J connectivity index is 1.67. The molecule has 0 aliphatic carbocycles. The zero-order valence-corrected chi connectivity index (χ0v) is 25.3. The third kappa shape index (κ3) is 5.80. The Morgan fingerprint density at radius 2 is 1.81 bits per heavy atom. The van der Waals surface area contributed by atoms with Gasteiger partial charge in [-0.1, -0.05) is 42.9 Å². The topological polar surface area (TPSA) is 98.2 Å². The smallest absolute Gasteiger partial charge is 0.301 e. The van der Waals surface area contributed by atoms with Crippen LogP contribution in [0.2, 0.25) is 5.02 Å². The average Bonchev–Trinajstić information content (AvgIpc) is 3.50. The number of methoxy groups -OCH3 is 1. The lowest BCUT2D eigenvalue weighted by molar-refractivity contribution is -0.132. The number of Topliss-reactive ketones (excluding diaryl/α,β-unsaturated/α-hetero) is 1. The summed E-state index contributed by atoms with van der Waals surface area (Å²) in [6.07, 6.45) is 0.872. The van der Waals surface area contributed by atoms with Crippen molar-refractivity contribution in [3.63, 3.8) is 0 Å². The summed E-state index contributed by atoms with van der Waals surface area (Å²) >= 11 is 7.44. The molecule has 218 valence electrons. The fraction of sp³-hybridized carbons (Fsp3) is 0.281. The maximum Gasteiger partial charge on any atom is 0.301 e. The SMILES string of the molecule is CCOc1cc(C2/C(=C(\O)c3ccc(OC)cc3)C(=O)C(=O)N2c2nc3ccc(Cl)cc3s2)ccc1OCCC(C)C. The second kappa shape index (κ2) is 12.4. The van der Waals surface area contributed by atoms with Crippen LogP contribution in [0.25, 0.3) is 16.0 Å². The number of carbonyl (C=O) groups is 2. The molecule has 1 N–H and O–H groups in total. The molecule has 1 saturated heterocycles. The standard InChI is InChI=1S/C32H31ClN2O6S/c1-5-40-25-16-20(8-13-24(25)41-15-14-18(2)3)28-27(29(36)19-6-10-22(39-4)11-7-19)30(37)31(38)35(28)32-34-23-12-9-21(33)17-26(23)42-32/h6-13,16-18,28,36H,5,14-15H2,1-4H3/b29-27+. The van der Waals surface area contributed by atoms with Gasteiger partial charge in [0.15, 0.2) is 16.6 Å². The van der Waals surface area contributed by atoms with Crippen molar-refractivity contribution in [1.82, 2.24) is 4.98 Å². The average molecular weight is 607 g/mol. The molecule has 0 bridgehead atoms. The number of anilines is 1. The van der Waals surface area contributed by atoms with Crippen LogP contribution in [-0.4, -0.2) is 42.1 Å². The van der Waals surface area contributed by atoms with Crippen molar-refractivity contribution in [3.05, 3.63) is 82.4 Å². The van der Waals surface area contributed by atoms with Gasteiger partial charge in [0.2, 0.25) is 0 Å². The molecule has 1 aliphatic heterocycles. The van der Waals surface area contributed by atoms with E-state index >= 15 is 0 Å². The predicted octanol–water partition coefficient (Wildman–Crippen LogP) is 7.41. The number of hydrogen-bond acceptors (Lipinski definition) is 8. The molecule has 5 rings (SSSR count). The molecule has 10 heteroatoms. The first-order valence-corrected chi connectivity index (χ1v) is 14.8. The number of carbonyl (C=O) groups excluding carboxylic acids is 2. The summed E-state index contributed by atoms with van der Waals surface area (Å²) < 4.78 is 17.9. The van der Waals surface area contributed by atoms with Crippen LogP contribution in [0.3, 0.4) is 0 Å². The highest BCUT2D eigenvalue weighted by molar-refractivity contribution is 7.22. The molecule has 1 atom stereocenters. The van der Waals surface area contributed by atoms with Crippen LogP contribution in [0.1, 0.15) is 44.4 Å². The summed E-state index contributed by atoms with van der Waals surface area (Å²) in [7, 11) is 1.54. The van der Waals surface area contributed by atoms with Crippen LogP contribution in [-0.2, 0) is 9.59 Å². The minimum absolute atomic E-state index is 0.0571. The van der Waals surface area contributed by atoms with E-state index in [0.29, 0.717) is 63.2 Å². The maximum atomic E-state index is 13.7. The molecule has 0 saturated carbocycles. The van der Waals surface area contributed by atoms with Crippen molar-refractivity contribution in [1.29, 1.82) is 0 Å². The molecule has 1 aliphatic rings. The van der Waals surface area contributed by atoms with Gasteiger partial charge in [-0.2, -0.15) is 0 Å². The number of amides is 1. The lowest BCUT2D eigenvalue weighted by atomic mass is 9.95. The third-order valence-electron chi connectivity index (χ3n) is 6.89. The fourth-order valence-corrected chi connectivity index (χ4v) is 5.99. The number of nitrogens with zero attached hydrogens (tertiary/aromatic N) is 2. The van der Waals surface area contributed by atoms with E-state index in [1.165, 1.54) is 23.3 Å². The molecule has 1 aromatic heterocycles. The maximum absolute atomic E-state index is 13.7. The number of thiazole rings is 1. The molecule has 1 fully saturated rings. The Morgan fingerprint density at radius 1 is 1.05 bits per heavy atom. The Morgan fingerprint density at radius 3 is 2.50 bits per heavy atom. The van der Waals surface area contributed by atoms with Gasteiger partial charge in [0.1, 0.15) is 11.5 Å². The monoisotopic (exact) mass is 606 g/mol. The number of aliphatic hydroxyl groups excluding tert-OH is 1. The highest BCUT2D eigenvalue weighted by atomic mass is 35.5. The summed E-state index contributed by atoms with van der Waals surface area (Å²) in [4.78, 5) is 33.3. The van der Waals surface area contributed by atoms with E-state index in [4.69, 9.17) is 25.8 Å². The lowest BCUT2D eigenvalue weighted by Gasteiger charge is -2.24. The molecule has 42 heavy (non-hydrogen) atoms. The van der Waals surface area contributed by atoms with Crippen molar-refractivity contribution in [2.75, 3.05) is 25.2 Å². The molecule has 0 spiro atoms. The van der Waals surface area contributed by atoms with E-state index in [9.17, 15) is 14.7 Å². The minimum Gasteiger partial charge on any atom is -0.507 e. The Kier molecular flexibility index (Phi) is 8.70. The molecule has 4 aromatic rings. The van der Waals surface area contributed by atoms with Crippen LogP contribution < -0.4 is 19.1 Å². The Hall–Kier alpha value is -4.08. The molecular weight excluding hydrogens is 576 g/mol. The number of ether oxygens (including phenoxy) is 3. The van der Waals surface area contributed by atoms with Gasteiger partial charge in [-0.05, 0) is 79.4 Å². The van der Waals surface area contributed by atoms with Gasteiger partial charge in [-0.3, -0.25) is 14.5 Å². The fourth-order valence-electron chi connectivity index (χ4n) is 4.73. The lowest BCUT2D eigenvalue weighted by Crippen LogP contribution is -2.29. The number of hydrogen-bond donors (Lipinski definition) is 1. The van der Waals surface area contributed by atoms with Gasteiger partial charge < -0.3 is 19.3 Å². The number of rotatable bonds is 10. The van der Waals surface area contributed by atoms with Gasteiger partial charge in [-0.15, -0.1) is 0 Å². The van der Waals surface area contributed by atoms with Crippen molar-refractivity contribution in [2.45, 2.75) is 33.2 Å². The molecule has 1 unspecified atom stereocenters. The molecule has 8 nitrogen and oxygen atoms in total. The van der Waals surface area contributed by atoms with Gasteiger partial charge in [0, 0.05) is 10.6 Å². The summed E-state index contributed by atoms with van der Waals surface area (Å²) in [6, 6.07) is 16.2. The van der Waals surface area contributed by atoms with E-state index < -0.39 is 17.7 Å². The zero-order chi connectivity index (χ0) is 30.0. The summed E-state index contributed by atoms with van der Waals surface area (Å²) in [5.74, 6) is 0.180. The Bertz CT molecular complexity index is 1660. The van der Waals surface area contributed by atoms with E-state index in [1.807, 2.05) is 6.92 Å². The van der Waals surface area contributed by atoms with Crippen molar-refractivity contribution in [3.8, 4) is 17.2 Å². The number of ketones is 1. The van der Waals surface area contributed by atoms with Gasteiger partial charge in [0.25, 0.3) is 5.78 Å². The first kappa shape index (κ1) is 29.4. The second-order valence-electron chi connectivity index (χ2n) is 10.2. The quantitative estimate of drug-likeness (QED) is 0.114. The predicted molar refractivity (Wildman–Crippen MR) is 165 cm³/mol. The Labute approximate surface area is 253 Å². The third-order valence-corrected chi connectivity index (χ3v) is 8.14. The first-order chi connectivity index (χ1) is 20.2. The number of aromatic nitrogens is 1. The molecule has 0 radical (unpaired) electrons. The van der Waals surface area contributed by atoms with Gasteiger partial charge >= 0.3 is 5.91 Å². The minimum atomic E-state index is -0.980. The molecule has 2 heterocycles. The van der Waals surface area contributed by atoms with Crippen molar-refractivity contribution < 1.29 is 28.9 Å². The van der Waals surface area contributed by atoms with Crippen LogP contribution in [0.5, 0.6) is 17.2 Å². The number of halogens is 1.